The minimum absolute atomic E-state index is 0.00821. The Kier molecular flexibility index (Phi) is 9.78. The first kappa shape index (κ1) is 29.9. The fraction of sp³-hybridized carbons (Fsp3) is 0.517. The van der Waals surface area contributed by atoms with E-state index in [2.05, 4.69) is 10.2 Å². The molecule has 3 fully saturated rings. The maximum Gasteiger partial charge on any atom is 0.416 e. The van der Waals surface area contributed by atoms with Crippen molar-refractivity contribution in [2.75, 3.05) is 19.7 Å². The molecular formula is C29H33F5N2O4. The SMILES string of the molecule is C1CC1.O=C(O)c1cc(C2CCN(C3CC[C@H](C(=O)NCc4cc(F)cc(C(F)(F)F)c4)OC3)CC2)ccc1F. The average molecular weight is 569 g/mol. The van der Waals surface area contributed by atoms with Gasteiger partial charge >= 0.3 is 12.1 Å². The normalized spacial score (nSPS) is 21.7. The number of nitrogens with zero attached hydrogens (tertiary/aromatic N) is 1. The van der Waals surface area contributed by atoms with Crippen LogP contribution in [0.25, 0.3) is 0 Å². The molecule has 2 heterocycles. The molecule has 2 saturated heterocycles. The van der Waals surface area contributed by atoms with Crippen LogP contribution in [0.4, 0.5) is 22.0 Å². The summed E-state index contributed by atoms with van der Waals surface area (Å²) in [5.41, 5.74) is -0.633. The zero-order chi connectivity index (χ0) is 28.9. The van der Waals surface area contributed by atoms with Gasteiger partial charge in [-0.1, -0.05) is 25.3 Å². The number of benzene rings is 2. The van der Waals surface area contributed by atoms with Crippen molar-refractivity contribution in [1.29, 1.82) is 0 Å². The van der Waals surface area contributed by atoms with Gasteiger partial charge in [-0.3, -0.25) is 9.69 Å². The number of hydrogen-bond donors (Lipinski definition) is 2. The molecule has 1 unspecified atom stereocenters. The molecule has 2 aliphatic heterocycles. The van der Waals surface area contributed by atoms with Gasteiger partial charge in [0.2, 0.25) is 5.91 Å². The molecule has 2 aromatic carbocycles. The van der Waals surface area contributed by atoms with Gasteiger partial charge in [0.25, 0.3) is 0 Å². The Hall–Kier alpha value is -3.05. The van der Waals surface area contributed by atoms with Crippen LogP contribution in [0.1, 0.15) is 77.9 Å². The van der Waals surface area contributed by atoms with E-state index in [9.17, 15) is 31.5 Å². The van der Waals surface area contributed by atoms with Gasteiger partial charge in [0.1, 0.15) is 17.7 Å². The number of carbonyl (C=O) groups is 2. The smallest absolute Gasteiger partial charge is 0.416 e. The second-order valence-electron chi connectivity index (χ2n) is 10.5. The van der Waals surface area contributed by atoms with Crippen molar-refractivity contribution >= 4 is 11.9 Å². The maximum absolute atomic E-state index is 13.7. The highest BCUT2D eigenvalue weighted by molar-refractivity contribution is 5.88. The van der Waals surface area contributed by atoms with Crippen LogP contribution in [-0.2, 0) is 22.3 Å². The Labute approximate surface area is 229 Å². The lowest BCUT2D eigenvalue weighted by Gasteiger charge is -2.40. The van der Waals surface area contributed by atoms with E-state index in [1.165, 1.54) is 31.4 Å². The summed E-state index contributed by atoms with van der Waals surface area (Å²) in [6.45, 7) is 1.57. The lowest BCUT2D eigenvalue weighted by molar-refractivity contribution is -0.139. The van der Waals surface area contributed by atoms with Crippen molar-refractivity contribution in [3.8, 4) is 0 Å². The lowest BCUT2D eigenvalue weighted by Crippen LogP contribution is -2.49. The number of ether oxygens (including phenoxy) is 1. The first-order chi connectivity index (χ1) is 19.0. The van der Waals surface area contributed by atoms with Gasteiger partial charge in [-0.25, -0.2) is 13.6 Å². The van der Waals surface area contributed by atoms with Crippen molar-refractivity contribution in [2.24, 2.45) is 0 Å². The number of nitrogens with one attached hydrogen (secondary N) is 1. The fourth-order valence-electron chi connectivity index (χ4n) is 5.01. The molecule has 1 aliphatic carbocycles. The molecule has 1 saturated carbocycles. The van der Waals surface area contributed by atoms with Gasteiger partial charge in [-0.05, 0) is 86.1 Å². The maximum atomic E-state index is 13.7. The van der Waals surface area contributed by atoms with Crippen LogP contribution in [0.5, 0.6) is 0 Å². The Morgan fingerprint density at radius 1 is 0.975 bits per heavy atom. The fourth-order valence-corrected chi connectivity index (χ4v) is 5.01. The summed E-state index contributed by atoms with van der Waals surface area (Å²) >= 11 is 0. The molecule has 2 N–H and O–H groups in total. The second-order valence-corrected chi connectivity index (χ2v) is 10.5. The third kappa shape index (κ3) is 8.23. The van der Waals surface area contributed by atoms with E-state index < -0.39 is 41.4 Å². The Balaban J connectivity index is 0.00000115. The molecule has 0 radical (unpaired) electrons. The van der Waals surface area contributed by atoms with E-state index in [0.29, 0.717) is 25.5 Å². The minimum atomic E-state index is -4.68. The molecule has 11 heteroatoms. The highest BCUT2D eigenvalue weighted by Gasteiger charge is 2.33. The van der Waals surface area contributed by atoms with Crippen molar-refractivity contribution in [3.05, 3.63) is 70.3 Å². The molecule has 5 rings (SSSR count). The monoisotopic (exact) mass is 568 g/mol. The predicted octanol–water partition coefficient (Wildman–Crippen LogP) is 5.90. The number of halogens is 5. The van der Waals surface area contributed by atoms with Crippen molar-refractivity contribution < 1.29 is 41.4 Å². The van der Waals surface area contributed by atoms with Crippen LogP contribution in [-0.4, -0.2) is 53.7 Å². The number of piperidine rings is 1. The molecule has 0 spiro atoms. The molecule has 3 aliphatic rings. The van der Waals surface area contributed by atoms with Crippen LogP contribution in [0.3, 0.4) is 0 Å². The molecule has 0 bridgehead atoms. The van der Waals surface area contributed by atoms with Gasteiger partial charge in [-0.15, -0.1) is 0 Å². The molecule has 218 valence electrons. The van der Waals surface area contributed by atoms with Gasteiger partial charge < -0.3 is 15.2 Å². The third-order valence-electron chi connectivity index (χ3n) is 7.39. The summed E-state index contributed by atoms with van der Waals surface area (Å²) in [4.78, 5) is 26.0. The Morgan fingerprint density at radius 2 is 1.68 bits per heavy atom. The summed E-state index contributed by atoms with van der Waals surface area (Å²) in [6, 6.07) is 6.48. The zero-order valence-electron chi connectivity index (χ0n) is 22.0. The highest BCUT2D eigenvalue weighted by atomic mass is 19.4. The number of carbonyl (C=O) groups excluding carboxylic acids is 1. The molecular weight excluding hydrogens is 535 g/mol. The van der Waals surface area contributed by atoms with Crippen molar-refractivity contribution in [1.82, 2.24) is 10.2 Å². The topological polar surface area (TPSA) is 78.9 Å². The van der Waals surface area contributed by atoms with E-state index in [0.717, 1.165) is 43.6 Å². The van der Waals surface area contributed by atoms with Crippen molar-refractivity contribution in [3.63, 3.8) is 0 Å². The first-order valence-corrected chi connectivity index (χ1v) is 13.5. The molecule has 2 aromatic rings. The number of carboxylic acid groups (broad SMARTS) is 1. The number of amides is 1. The van der Waals surface area contributed by atoms with Gasteiger partial charge in [-0.2, -0.15) is 13.2 Å². The predicted molar refractivity (Wildman–Crippen MR) is 137 cm³/mol. The number of likely N-dealkylation sites (tertiary alicyclic amines) is 1. The van der Waals surface area contributed by atoms with Gasteiger partial charge in [0.15, 0.2) is 0 Å². The summed E-state index contributed by atoms with van der Waals surface area (Å²) in [5.74, 6) is -3.41. The average Bonchev–Trinajstić information content (AvgIpc) is 3.81. The molecule has 1 amide bonds. The van der Waals surface area contributed by atoms with E-state index in [1.54, 1.807) is 6.07 Å². The Morgan fingerprint density at radius 3 is 2.25 bits per heavy atom. The highest BCUT2D eigenvalue weighted by Crippen LogP contribution is 2.32. The number of alkyl halides is 3. The van der Waals surface area contributed by atoms with E-state index >= 15 is 0 Å². The number of carboxylic acids is 1. The Bertz CT molecular complexity index is 1180. The first-order valence-electron chi connectivity index (χ1n) is 13.5. The van der Waals surface area contributed by atoms with Crippen LogP contribution in [0.2, 0.25) is 0 Å². The van der Waals surface area contributed by atoms with Crippen LogP contribution >= 0.6 is 0 Å². The number of rotatable bonds is 6. The lowest BCUT2D eigenvalue weighted by atomic mass is 9.87. The zero-order valence-corrected chi connectivity index (χ0v) is 22.0. The summed E-state index contributed by atoms with van der Waals surface area (Å²) in [7, 11) is 0. The summed E-state index contributed by atoms with van der Waals surface area (Å²) in [5, 5.41) is 11.7. The summed E-state index contributed by atoms with van der Waals surface area (Å²) < 4.78 is 71.7. The van der Waals surface area contributed by atoms with Crippen LogP contribution in [0.15, 0.2) is 36.4 Å². The van der Waals surface area contributed by atoms with Gasteiger partial charge in [0.05, 0.1) is 17.7 Å². The molecule has 6 nitrogen and oxygen atoms in total. The molecule has 0 aromatic heterocycles. The van der Waals surface area contributed by atoms with E-state index in [1.807, 2.05) is 0 Å². The summed E-state index contributed by atoms with van der Waals surface area (Å²) in [6.07, 6.45) is 1.76. The standard InChI is InChI=1S/C26H27F5N2O4.C3H6/c27-19-10-15(9-18(12-19)26(29,30)31)13-32-24(34)23-4-2-20(14-37-23)33-7-5-16(6-8-33)17-1-3-22(28)21(11-17)25(35)36;1-2-3-1/h1,3,9-12,16,20,23H,2,4-8,13-14H2,(H,32,34)(H,35,36);1-3H2/t20?,23-;/m1./s1. The van der Waals surface area contributed by atoms with Gasteiger partial charge in [0, 0.05) is 12.6 Å². The van der Waals surface area contributed by atoms with Crippen LogP contribution < -0.4 is 5.32 Å². The number of hydrogen-bond acceptors (Lipinski definition) is 4. The van der Waals surface area contributed by atoms with E-state index in [-0.39, 0.29) is 29.6 Å². The minimum Gasteiger partial charge on any atom is -0.478 e. The quantitative estimate of drug-likeness (QED) is 0.425. The second kappa shape index (κ2) is 13.1. The third-order valence-corrected chi connectivity index (χ3v) is 7.39. The molecule has 2 atom stereocenters. The largest absolute Gasteiger partial charge is 0.478 e. The van der Waals surface area contributed by atoms with Crippen molar-refractivity contribution in [2.45, 2.75) is 75.7 Å². The van der Waals surface area contributed by atoms with E-state index in [4.69, 9.17) is 9.84 Å². The molecule has 40 heavy (non-hydrogen) atoms. The number of aromatic carboxylic acids is 1. The van der Waals surface area contributed by atoms with Crippen LogP contribution in [0, 0.1) is 11.6 Å².